The maximum atomic E-state index is 8.52. The number of rotatable bonds is 2. The van der Waals surface area contributed by atoms with Crippen molar-refractivity contribution in [3.8, 4) is 6.07 Å². The highest BCUT2D eigenvalue weighted by Gasteiger charge is 2.09. The third kappa shape index (κ3) is 3.78. The normalized spacial score (nSPS) is 11.8. The second-order valence-corrected chi connectivity index (χ2v) is 2.64. The summed E-state index contributed by atoms with van der Waals surface area (Å²) < 4.78 is 0. The van der Waals surface area contributed by atoms with Crippen molar-refractivity contribution in [2.45, 2.75) is 27.2 Å². The molecule has 0 aromatic heterocycles. The summed E-state index contributed by atoms with van der Waals surface area (Å²) in [5.41, 5.74) is -0.282. The van der Waals surface area contributed by atoms with Crippen molar-refractivity contribution >= 4 is 0 Å². The lowest BCUT2D eigenvalue weighted by Gasteiger charge is -2.06. The lowest BCUT2D eigenvalue weighted by molar-refractivity contribution is 0.641. The molecule has 0 saturated carbocycles. The smallest absolute Gasteiger partial charge is 0.0725 e. The van der Waals surface area contributed by atoms with Gasteiger partial charge in [-0.15, -0.1) is 0 Å². The number of allylic oxidation sites excluding steroid dienone is 2. The van der Waals surface area contributed by atoms with E-state index in [1.165, 1.54) is 0 Å². The van der Waals surface area contributed by atoms with E-state index in [0.717, 1.165) is 6.42 Å². The van der Waals surface area contributed by atoms with Crippen LogP contribution in [0.3, 0.4) is 0 Å². The summed E-state index contributed by atoms with van der Waals surface area (Å²) >= 11 is 0. The lowest BCUT2D eigenvalue weighted by atomic mass is 9.95. The fourth-order valence-corrected chi connectivity index (χ4v) is 0.450. The molecule has 0 aromatic rings. The number of hydrogen-bond donors (Lipinski definition) is 0. The van der Waals surface area contributed by atoms with Gasteiger partial charge in [-0.05, 0) is 20.3 Å². The summed E-state index contributed by atoms with van der Waals surface area (Å²) in [6.45, 7) is 5.86. The van der Waals surface area contributed by atoms with E-state index in [4.69, 9.17) is 5.26 Å². The molecular formula is C8H13N. The van der Waals surface area contributed by atoms with Crippen molar-refractivity contribution in [3.05, 3.63) is 12.2 Å². The molecule has 0 fully saturated rings. The zero-order valence-electron chi connectivity index (χ0n) is 6.31. The van der Waals surface area contributed by atoms with Crippen LogP contribution in [0.5, 0.6) is 0 Å². The molecule has 0 spiro atoms. The van der Waals surface area contributed by atoms with Crippen LogP contribution in [0.25, 0.3) is 0 Å². The minimum atomic E-state index is -0.282. The standard InChI is InChI=1S/C8H13N/c1-4-5-6-8(2,3)7-9/h5-6H,4H2,1-3H3. The highest BCUT2D eigenvalue weighted by molar-refractivity contribution is 5.07. The fourth-order valence-electron chi connectivity index (χ4n) is 0.450. The van der Waals surface area contributed by atoms with Crippen LogP contribution in [-0.4, -0.2) is 0 Å². The monoisotopic (exact) mass is 123 g/mol. The summed E-state index contributed by atoms with van der Waals surface area (Å²) in [4.78, 5) is 0. The minimum absolute atomic E-state index is 0.282. The van der Waals surface area contributed by atoms with Crippen LogP contribution in [0.2, 0.25) is 0 Å². The van der Waals surface area contributed by atoms with Crippen molar-refractivity contribution in [2.75, 3.05) is 0 Å². The molecule has 50 valence electrons. The molecule has 1 heteroatoms. The molecule has 9 heavy (non-hydrogen) atoms. The Morgan fingerprint density at radius 3 is 2.44 bits per heavy atom. The first-order valence-corrected chi connectivity index (χ1v) is 3.21. The first-order chi connectivity index (χ1) is 4.12. The maximum Gasteiger partial charge on any atom is 0.0725 e. The van der Waals surface area contributed by atoms with Gasteiger partial charge in [0.2, 0.25) is 0 Å². The van der Waals surface area contributed by atoms with Crippen molar-refractivity contribution in [2.24, 2.45) is 5.41 Å². The van der Waals surface area contributed by atoms with E-state index < -0.39 is 0 Å². The predicted molar refractivity (Wildman–Crippen MR) is 38.8 cm³/mol. The van der Waals surface area contributed by atoms with E-state index in [1.54, 1.807) is 0 Å². The molecule has 0 bridgehead atoms. The van der Waals surface area contributed by atoms with Crippen molar-refractivity contribution in [3.63, 3.8) is 0 Å². The summed E-state index contributed by atoms with van der Waals surface area (Å²) in [5.74, 6) is 0. The van der Waals surface area contributed by atoms with Gasteiger partial charge in [-0.3, -0.25) is 0 Å². The second kappa shape index (κ2) is 3.29. The Bertz CT molecular complexity index is 137. The van der Waals surface area contributed by atoms with Crippen LogP contribution in [0, 0.1) is 16.7 Å². The highest BCUT2D eigenvalue weighted by atomic mass is 14.3. The molecule has 0 heterocycles. The summed E-state index contributed by atoms with van der Waals surface area (Å²) in [7, 11) is 0. The Balaban J connectivity index is 3.90. The molecule has 0 N–H and O–H groups in total. The van der Waals surface area contributed by atoms with Gasteiger partial charge in [0, 0.05) is 0 Å². The quantitative estimate of drug-likeness (QED) is 0.517. The molecule has 0 aromatic carbocycles. The van der Waals surface area contributed by atoms with Gasteiger partial charge in [0.25, 0.3) is 0 Å². The van der Waals surface area contributed by atoms with Crippen LogP contribution < -0.4 is 0 Å². The maximum absolute atomic E-state index is 8.52. The molecular weight excluding hydrogens is 110 g/mol. The molecule has 0 unspecified atom stereocenters. The molecule has 0 saturated heterocycles. The van der Waals surface area contributed by atoms with Crippen molar-refractivity contribution < 1.29 is 0 Å². The largest absolute Gasteiger partial charge is 0.197 e. The highest BCUT2D eigenvalue weighted by Crippen LogP contribution is 2.14. The van der Waals surface area contributed by atoms with Gasteiger partial charge in [0.15, 0.2) is 0 Å². The van der Waals surface area contributed by atoms with E-state index in [9.17, 15) is 0 Å². The molecule has 0 aliphatic rings. The van der Waals surface area contributed by atoms with E-state index >= 15 is 0 Å². The third-order valence-corrected chi connectivity index (χ3v) is 1.06. The average molecular weight is 123 g/mol. The number of nitriles is 1. The SMILES string of the molecule is CCC=CC(C)(C)C#N. The molecule has 0 aliphatic heterocycles. The van der Waals surface area contributed by atoms with Crippen LogP contribution in [0.4, 0.5) is 0 Å². The van der Waals surface area contributed by atoms with Crippen LogP contribution >= 0.6 is 0 Å². The lowest BCUT2D eigenvalue weighted by Crippen LogP contribution is -2.01. The summed E-state index contributed by atoms with van der Waals surface area (Å²) in [6.07, 6.45) is 4.96. The van der Waals surface area contributed by atoms with Crippen LogP contribution in [0.1, 0.15) is 27.2 Å². The van der Waals surface area contributed by atoms with Gasteiger partial charge >= 0.3 is 0 Å². The van der Waals surface area contributed by atoms with Gasteiger partial charge in [-0.2, -0.15) is 5.26 Å². The number of nitrogens with zero attached hydrogens (tertiary/aromatic N) is 1. The van der Waals surface area contributed by atoms with Crippen molar-refractivity contribution in [1.82, 2.24) is 0 Å². The molecule has 0 atom stereocenters. The molecule has 0 aliphatic carbocycles. The van der Waals surface area contributed by atoms with Gasteiger partial charge in [-0.25, -0.2) is 0 Å². The third-order valence-electron chi connectivity index (χ3n) is 1.06. The Morgan fingerprint density at radius 2 is 2.11 bits per heavy atom. The Kier molecular flexibility index (Phi) is 3.01. The van der Waals surface area contributed by atoms with Crippen molar-refractivity contribution in [1.29, 1.82) is 5.26 Å². The molecule has 0 rings (SSSR count). The minimum Gasteiger partial charge on any atom is -0.197 e. The van der Waals surface area contributed by atoms with E-state index in [1.807, 2.05) is 26.0 Å². The summed E-state index contributed by atoms with van der Waals surface area (Å²) in [5, 5.41) is 8.52. The predicted octanol–water partition coefficient (Wildman–Crippen LogP) is 2.50. The Morgan fingerprint density at radius 1 is 1.56 bits per heavy atom. The number of hydrogen-bond acceptors (Lipinski definition) is 1. The van der Waals surface area contributed by atoms with Crippen LogP contribution in [-0.2, 0) is 0 Å². The average Bonchev–Trinajstić information content (AvgIpc) is 1.84. The van der Waals surface area contributed by atoms with Gasteiger partial charge in [-0.1, -0.05) is 19.1 Å². The summed E-state index contributed by atoms with van der Waals surface area (Å²) in [6, 6.07) is 2.19. The zero-order chi connectivity index (χ0) is 7.33. The molecule has 0 radical (unpaired) electrons. The zero-order valence-corrected chi connectivity index (χ0v) is 6.31. The van der Waals surface area contributed by atoms with Crippen LogP contribution in [0.15, 0.2) is 12.2 Å². The Hall–Kier alpha value is -0.770. The first-order valence-electron chi connectivity index (χ1n) is 3.21. The van der Waals surface area contributed by atoms with Gasteiger partial charge < -0.3 is 0 Å². The second-order valence-electron chi connectivity index (χ2n) is 2.64. The Labute approximate surface area is 57.0 Å². The van der Waals surface area contributed by atoms with E-state index in [-0.39, 0.29) is 5.41 Å². The van der Waals surface area contributed by atoms with Gasteiger partial charge in [0.05, 0.1) is 11.5 Å². The topological polar surface area (TPSA) is 23.8 Å². The van der Waals surface area contributed by atoms with E-state index in [2.05, 4.69) is 13.0 Å². The molecule has 1 nitrogen and oxygen atoms in total. The fraction of sp³-hybridized carbons (Fsp3) is 0.625. The van der Waals surface area contributed by atoms with E-state index in [0.29, 0.717) is 0 Å². The molecule has 0 amide bonds. The first kappa shape index (κ1) is 8.23. The van der Waals surface area contributed by atoms with Gasteiger partial charge in [0.1, 0.15) is 0 Å².